The summed E-state index contributed by atoms with van der Waals surface area (Å²) >= 11 is 0. The molecule has 0 aliphatic heterocycles. The van der Waals surface area contributed by atoms with Crippen LogP contribution >= 0.6 is 0 Å². The van der Waals surface area contributed by atoms with Crippen molar-refractivity contribution in [2.24, 2.45) is 11.3 Å². The molecule has 0 heterocycles. The van der Waals surface area contributed by atoms with Gasteiger partial charge >= 0.3 is 0 Å². The van der Waals surface area contributed by atoms with E-state index in [9.17, 15) is 9.50 Å². The van der Waals surface area contributed by atoms with Crippen molar-refractivity contribution < 1.29 is 14.2 Å². The van der Waals surface area contributed by atoms with Crippen LogP contribution in [0.5, 0.6) is 5.75 Å². The van der Waals surface area contributed by atoms with Gasteiger partial charge in [-0.1, -0.05) is 27.2 Å². The predicted molar refractivity (Wildman–Crippen MR) is 82.9 cm³/mol. The third-order valence-corrected chi connectivity index (χ3v) is 5.49. The van der Waals surface area contributed by atoms with E-state index in [2.05, 4.69) is 20.8 Å². The van der Waals surface area contributed by atoms with Gasteiger partial charge in [-0.3, -0.25) is 0 Å². The standard InChI is InChI=1S/C18H27FO2/c1-5-17(2,3)13-8-10-18(20,11-9-13)15-12-14(19)6-7-16(15)21-4/h6-7,12-13,20H,5,8-11H2,1-4H3. The first-order valence-corrected chi connectivity index (χ1v) is 7.89. The Morgan fingerprint density at radius 1 is 1.33 bits per heavy atom. The highest BCUT2D eigenvalue weighted by molar-refractivity contribution is 5.38. The highest BCUT2D eigenvalue weighted by Gasteiger charge is 2.40. The van der Waals surface area contributed by atoms with Crippen molar-refractivity contribution in [2.45, 2.75) is 58.5 Å². The number of methoxy groups -OCH3 is 1. The van der Waals surface area contributed by atoms with E-state index in [1.165, 1.54) is 12.1 Å². The highest BCUT2D eigenvalue weighted by Crippen LogP contribution is 2.48. The summed E-state index contributed by atoms with van der Waals surface area (Å²) in [6.07, 6.45) is 4.41. The Morgan fingerprint density at radius 3 is 2.48 bits per heavy atom. The van der Waals surface area contributed by atoms with Gasteiger partial charge < -0.3 is 9.84 Å². The molecule has 2 rings (SSSR count). The van der Waals surface area contributed by atoms with E-state index in [1.54, 1.807) is 13.2 Å². The molecule has 1 aliphatic rings. The molecule has 0 amide bonds. The molecule has 1 aliphatic carbocycles. The van der Waals surface area contributed by atoms with Crippen molar-refractivity contribution in [3.8, 4) is 5.75 Å². The lowest BCUT2D eigenvalue weighted by Gasteiger charge is -2.43. The molecule has 0 saturated heterocycles. The van der Waals surface area contributed by atoms with Crippen LogP contribution in [0.4, 0.5) is 4.39 Å². The second-order valence-corrected chi connectivity index (χ2v) is 6.99. The van der Waals surface area contributed by atoms with Crippen LogP contribution in [-0.4, -0.2) is 12.2 Å². The van der Waals surface area contributed by atoms with Crippen LogP contribution in [0.15, 0.2) is 18.2 Å². The monoisotopic (exact) mass is 294 g/mol. The average Bonchev–Trinajstić information content (AvgIpc) is 2.47. The van der Waals surface area contributed by atoms with Crippen molar-refractivity contribution in [3.05, 3.63) is 29.6 Å². The summed E-state index contributed by atoms with van der Waals surface area (Å²) in [5.41, 5.74) is -0.0704. The molecular weight excluding hydrogens is 267 g/mol. The van der Waals surface area contributed by atoms with Crippen LogP contribution in [0.1, 0.15) is 58.4 Å². The number of hydrogen-bond acceptors (Lipinski definition) is 2. The maximum absolute atomic E-state index is 13.6. The predicted octanol–water partition coefficient (Wildman–Crippen LogP) is 4.65. The molecule has 1 fully saturated rings. The zero-order valence-corrected chi connectivity index (χ0v) is 13.6. The molecule has 0 bridgehead atoms. The van der Waals surface area contributed by atoms with E-state index in [1.807, 2.05) is 0 Å². The molecule has 1 saturated carbocycles. The molecule has 0 unspecified atom stereocenters. The Labute approximate surface area is 127 Å². The molecule has 0 radical (unpaired) electrons. The minimum atomic E-state index is -0.965. The molecular formula is C18H27FO2. The van der Waals surface area contributed by atoms with Crippen molar-refractivity contribution in [3.63, 3.8) is 0 Å². The van der Waals surface area contributed by atoms with Gasteiger partial charge in [0.2, 0.25) is 0 Å². The topological polar surface area (TPSA) is 29.5 Å². The van der Waals surface area contributed by atoms with Crippen LogP contribution < -0.4 is 4.74 Å². The molecule has 0 aromatic heterocycles. The first kappa shape index (κ1) is 16.3. The van der Waals surface area contributed by atoms with Crippen LogP contribution in [0.3, 0.4) is 0 Å². The Balaban J connectivity index is 2.21. The van der Waals surface area contributed by atoms with Crippen LogP contribution in [0, 0.1) is 17.2 Å². The van der Waals surface area contributed by atoms with Crippen molar-refractivity contribution >= 4 is 0 Å². The lowest BCUT2D eigenvalue weighted by atomic mass is 9.65. The zero-order chi connectivity index (χ0) is 15.7. The van der Waals surface area contributed by atoms with Crippen LogP contribution in [-0.2, 0) is 5.60 Å². The van der Waals surface area contributed by atoms with Crippen molar-refractivity contribution in [1.82, 2.24) is 0 Å². The summed E-state index contributed by atoms with van der Waals surface area (Å²) in [6.45, 7) is 6.81. The third-order valence-electron chi connectivity index (χ3n) is 5.49. The first-order chi connectivity index (χ1) is 9.82. The van der Waals surface area contributed by atoms with Crippen LogP contribution in [0.25, 0.3) is 0 Å². The third kappa shape index (κ3) is 3.23. The van der Waals surface area contributed by atoms with Crippen molar-refractivity contribution in [2.75, 3.05) is 7.11 Å². The lowest BCUT2D eigenvalue weighted by molar-refractivity contribution is -0.0344. The first-order valence-electron chi connectivity index (χ1n) is 7.89. The van der Waals surface area contributed by atoms with E-state index in [0.717, 1.165) is 19.3 Å². The largest absolute Gasteiger partial charge is 0.496 e. The zero-order valence-electron chi connectivity index (χ0n) is 13.6. The average molecular weight is 294 g/mol. The fraction of sp³-hybridized carbons (Fsp3) is 0.667. The quantitative estimate of drug-likeness (QED) is 0.876. The molecule has 1 aromatic rings. The molecule has 21 heavy (non-hydrogen) atoms. The Morgan fingerprint density at radius 2 is 1.95 bits per heavy atom. The second-order valence-electron chi connectivity index (χ2n) is 6.99. The van der Waals surface area contributed by atoms with Gasteiger partial charge in [0.25, 0.3) is 0 Å². The number of benzene rings is 1. The minimum absolute atomic E-state index is 0.299. The molecule has 3 heteroatoms. The van der Waals surface area contributed by atoms with Gasteiger partial charge in [0.05, 0.1) is 12.7 Å². The molecule has 118 valence electrons. The number of hydrogen-bond donors (Lipinski definition) is 1. The summed E-state index contributed by atoms with van der Waals surface area (Å²) < 4.78 is 18.9. The van der Waals surface area contributed by atoms with Gasteiger partial charge in [-0.2, -0.15) is 0 Å². The Kier molecular flexibility index (Phi) is 4.62. The van der Waals surface area contributed by atoms with E-state index in [0.29, 0.717) is 35.5 Å². The van der Waals surface area contributed by atoms with E-state index in [-0.39, 0.29) is 5.82 Å². The van der Waals surface area contributed by atoms with Gasteiger partial charge in [0, 0.05) is 5.56 Å². The maximum atomic E-state index is 13.6. The van der Waals surface area contributed by atoms with Gasteiger partial charge in [-0.05, 0) is 55.2 Å². The number of aliphatic hydroxyl groups is 1. The summed E-state index contributed by atoms with van der Waals surface area (Å²) in [4.78, 5) is 0. The maximum Gasteiger partial charge on any atom is 0.125 e. The molecule has 0 atom stereocenters. The number of halogens is 1. The van der Waals surface area contributed by atoms with Crippen molar-refractivity contribution in [1.29, 1.82) is 0 Å². The summed E-state index contributed by atoms with van der Waals surface area (Å²) in [5, 5.41) is 11.0. The summed E-state index contributed by atoms with van der Waals surface area (Å²) in [5.74, 6) is 0.865. The minimum Gasteiger partial charge on any atom is -0.496 e. The summed E-state index contributed by atoms with van der Waals surface area (Å²) in [6, 6.07) is 4.40. The molecule has 1 N–H and O–H groups in total. The van der Waals surface area contributed by atoms with Gasteiger partial charge in [-0.25, -0.2) is 4.39 Å². The molecule has 1 aromatic carbocycles. The second kappa shape index (κ2) is 5.96. The molecule has 0 spiro atoms. The van der Waals surface area contributed by atoms with E-state index >= 15 is 0 Å². The van der Waals surface area contributed by atoms with Crippen LogP contribution in [0.2, 0.25) is 0 Å². The van der Waals surface area contributed by atoms with Gasteiger partial charge in [0.15, 0.2) is 0 Å². The number of ether oxygens (including phenoxy) is 1. The fourth-order valence-corrected chi connectivity index (χ4v) is 3.48. The Hall–Kier alpha value is -1.09. The molecule has 2 nitrogen and oxygen atoms in total. The Bertz CT molecular complexity index is 488. The van der Waals surface area contributed by atoms with Gasteiger partial charge in [-0.15, -0.1) is 0 Å². The SMILES string of the molecule is CCC(C)(C)C1CCC(O)(c2cc(F)ccc2OC)CC1. The van der Waals surface area contributed by atoms with E-state index in [4.69, 9.17) is 4.74 Å². The number of rotatable bonds is 4. The van der Waals surface area contributed by atoms with Gasteiger partial charge in [0.1, 0.15) is 11.6 Å². The smallest absolute Gasteiger partial charge is 0.125 e. The highest BCUT2D eigenvalue weighted by atomic mass is 19.1. The fourth-order valence-electron chi connectivity index (χ4n) is 3.48. The van der Waals surface area contributed by atoms with E-state index < -0.39 is 5.60 Å². The lowest BCUT2D eigenvalue weighted by Crippen LogP contribution is -2.36. The summed E-state index contributed by atoms with van der Waals surface area (Å²) in [7, 11) is 1.56. The normalized spacial score (nSPS) is 26.7.